The van der Waals surface area contributed by atoms with Gasteiger partial charge in [0.15, 0.2) is 0 Å². The van der Waals surface area contributed by atoms with Gasteiger partial charge in [0.25, 0.3) is 5.91 Å². The van der Waals surface area contributed by atoms with E-state index in [4.69, 9.17) is 5.11 Å². The second kappa shape index (κ2) is 13.5. The van der Waals surface area contributed by atoms with Crippen molar-refractivity contribution in [3.05, 3.63) is 102 Å². The highest BCUT2D eigenvalue weighted by molar-refractivity contribution is 6.12. The predicted octanol–water partition coefficient (Wildman–Crippen LogP) is 6.22. The summed E-state index contributed by atoms with van der Waals surface area (Å²) >= 11 is 0. The van der Waals surface area contributed by atoms with Crippen molar-refractivity contribution in [1.82, 2.24) is 4.57 Å². The molecule has 0 aliphatic heterocycles. The van der Waals surface area contributed by atoms with Crippen molar-refractivity contribution in [3.63, 3.8) is 0 Å². The molecule has 6 nitrogen and oxygen atoms in total. The van der Waals surface area contributed by atoms with Gasteiger partial charge in [0.05, 0.1) is 23.5 Å². The first-order chi connectivity index (χ1) is 19.3. The number of aromatic nitrogens is 1. The van der Waals surface area contributed by atoms with Crippen LogP contribution in [0, 0.1) is 5.82 Å². The summed E-state index contributed by atoms with van der Waals surface area (Å²) < 4.78 is 16.1. The average Bonchev–Trinajstić information content (AvgIpc) is 3.29. The summed E-state index contributed by atoms with van der Waals surface area (Å²) in [5.74, 6) is -0.678. The minimum Gasteiger partial charge on any atom is -0.396 e. The summed E-state index contributed by atoms with van der Waals surface area (Å²) in [5, 5.41) is 33.0. The SMILES string of the molecule is CC(C)c1c(C(=O)Nc2ccccc2)c(-c2ccccc2)c(-c2ccc(F)cc2)n1CC[C@@H](O)C[C@@H](O)CCO. The first-order valence-corrected chi connectivity index (χ1v) is 13.7. The van der Waals surface area contributed by atoms with E-state index in [-0.39, 0.29) is 37.1 Å². The Morgan fingerprint density at radius 3 is 2.05 bits per heavy atom. The van der Waals surface area contributed by atoms with Crippen LogP contribution in [0.4, 0.5) is 10.1 Å². The van der Waals surface area contributed by atoms with Crippen LogP contribution in [0.5, 0.6) is 0 Å². The number of halogens is 1. The Balaban J connectivity index is 1.91. The number of aliphatic hydroxyl groups excluding tert-OH is 3. The monoisotopic (exact) mass is 544 g/mol. The lowest BCUT2D eigenvalue weighted by atomic mass is 9.94. The van der Waals surface area contributed by atoms with E-state index in [1.807, 2.05) is 74.5 Å². The molecular weight excluding hydrogens is 507 g/mol. The number of hydrogen-bond donors (Lipinski definition) is 4. The van der Waals surface area contributed by atoms with Crippen LogP contribution in [0.2, 0.25) is 0 Å². The number of aliphatic hydroxyl groups is 3. The molecule has 0 aliphatic rings. The number of benzene rings is 3. The van der Waals surface area contributed by atoms with Gasteiger partial charge in [-0.1, -0.05) is 62.4 Å². The van der Waals surface area contributed by atoms with E-state index in [1.165, 1.54) is 12.1 Å². The van der Waals surface area contributed by atoms with Crippen LogP contribution < -0.4 is 5.32 Å². The number of nitrogens with one attached hydrogen (secondary N) is 1. The quantitative estimate of drug-likeness (QED) is 0.170. The van der Waals surface area contributed by atoms with Crippen LogP contribution in [0.3, 0.4) is 0 Å². The summed E-state index contributed by atoms with van der Waals surface area (Å²) in [5.41, 5.74) is 5.09. The van der Waals surface area contributed by atoms with Gasteiger partial charge < -0.3 is 25.2 Å². The van der Waals surface area contributed by atoms with Gasteiger partial charge in [-0.25, -0.2) is 4.39 Å². The van der Waals surface area contributed by atoms with Crippen molar-refractivity contribution in [2.75, 3.05) is 11.9 Å². The molecule has 4 aromatic rings. The van der Waals surface area contributed by atoms with Crippen molar-refractivity contribution in [2.24, 2.45) is 0 Å². The molecule has 0 saturated carbocycles. The minimum atomic E-state index is -0.813. The van der Waals surface area contributed by atoms with E-state index in [2.05, 4.69) is 9.88 Å². The summed E-state index contributed by atoms with van der Waals surface area (Å²) in [6.07, 6.45) is -0.971. The molecule has 0 radical (unpaired) electrons. The fourth-order valence-corrected chi connectivity index (χ4v) is 5.19. The number of anilines is 1. The lowest BCUT2D eigenvalue weighted by Crippen LogP contribution is -2.21. The second-order valence-corrected chi connectivity index (χ2v) is 10.3. The van der Waals surface area contributed by atoms with E-state index in [0.717, 1.165) is 28.1 Å². The summed E-state index contributed by atoms with van der Waals surface area (Å²) in [7, 11) is 0. The van der Waals surface area contributed by atoms with Crippen LogP contribution in [0.1, 0.15) is 55.1 Å². The van der Waals surface area contributed by atoms with Gasteiger partial charge >= 0.3 is 0 Å². The molecule has 1 amide bonds. The number of rotatable bonds is 12. The molecule has 210 valence electrons. The number of hydrogen-bond acceptors (Lipinski definition) is 4. The Kier molecular flexibility index (Phi) is 9.88. The van der Waals surface area contributed by atoms with Crippen LogP contribution in [0.25, 0.3) is 22.4 Å². The van der Waals surface area contributed by atoms with Crippen LogP contribution in [0.15, 0.2) is 84.9 Å². The molecule has 0 bridgehead atoms. The van der Waals surface area contributed by atoms with E-state index < -0.39 is 12.2 Å². The van der Waals surface area contributed by atoms with Gasteiger partial charge in [-0.3, -0.25) is 4.79 Å². The molecular formula is C33H37FN2O4. The smallest absolute Gasteiger partial charge is 0.258 e. The summed E-state index contributed by atoms with van der Waals surface area (Å²) in [6, 6.07) is 25.2. The van der Waals surface area contributed by atoms with Crippen molar-refractivity contribution in [3.8, 4) is 22.4 Å². The highest BCUT2D eigenvalue weighted by atomic mass is 19.1. The molecule has 0 spiro atoms. The predicted molar refractivity (Wildman–Crippen MR) is 157 cm³/mol. The van der Waals surface area contributed by atoms with Crippen molar-refractivity contribution < 1.29 is 24.5 Å². The summed E-state index contributed by atoms with van der Waals surface area (Å²) in [6.45, 7) is 4.26. The lowest BCUT2D eigenvalue weighted by Gasteiger charge is -2.20. The molecule has 2 atom stereocenters. The topological polar surface area (TPSA) is 94.7 Å². The highest BCUT2D eigenvalue weighted by Gasteiger charge is 2.30. The number of para-hydroxylation sites is 1. The van der Waals surface area contributed by atoms with E-state index in [9.17, 15) is 19.4 Å². The normalized spacial score (nSPS) is 12.9. The number of carbonyl (C=O) groups is 1. The zero-order chi connectivity index (χ0) is 28.6. The van der Waals surface area contributed by atoms with Gasteiger partial charge in [0.2, 0.25) is 0 Å². The lowest BCUT2D eigenvalue weighted by molar-refractivity contribution is 0.0583. The molecule has 3 aromatic carbocycles. The fourth-order valence-electron chi connectivity index (χ4n) is 5.19. The highest BCUT2D eigenvalue weighted by Crippen LogP contribution is 2.42. The maximum atomic E-state index is 14.0. The van der Waals surface area contributed by atoms with Crippen molar-refractivity contribution in [2.45, 2.75) is 57.8 Å². The third kappa shape index (κ3) is 6.86. The molecule has 7 heteroatoms. The molecule has 1 aromatic heterocycles. The number of nitrogens with zero attached hydrogens (tertiary/aromatic N) is 1. The Labute approximate surface area is 234 Å². The Morgan fingerprint density at radius 2 is 1.45 bits per heavy atom. The van der Waals surface area contributed by atoms with Crippen LogP contribution in [-0.4, -0.2) is 44.6 Å². The van der Waals surface area contributed by atoms with Crippen molar-refractivity contribution >= 4 is 11.6 Å². The molecule has 0 aliphatic carbocycles. The number of carbonyl (C=O) groups excluding carboxylic acids is 1. The van der Waals surface area contributed by atoms with Crippen LogP contribution >= 0.6 is 0 Å². The van der Waals surface area contributed by atoms with Gasteiger partial charge in [-0.05, 0) is 72.7 Å². The Hall–Kier alpha value is -3.78. The van der Waals surface area contributed by atoms with E-state index in [0.29, 0.717) is 24.2 Å². The van der Waals surface area contributed by atoms with Crippen molar-refractivity contribution in [1.29, 1.82) is 0 Å². The van der Waals surface area contributed by atoms with Gasteiger partial charge in [0, 0.05) is 30.1 Å². The fraction of sp³-hybridized carbons (Fsp3) is 0.303. The zero-order valence-electron chi connectivity index (χ0n) is 22.9. The first-order valence-electron chi connectivity index (χ1n) is 13.7. The molecule has 4 rings (SSSR count). The van der Waals surface area contributed by atoms with Crippen LogP contribution in [-0.2, 0) is 6.54 Å². The Morgan fingerprint density at radius 1 is 0.850 bits per heavy atom. The average molecular weight is 545 g/mol. The molecule has 40 heavy (non-hydrogen) atoms. The Bertz CT molecular complexity index is 1390. The minimum absolute atomic E-state index is 0.0645. The first kappa shape index (κ1) is 29.2. The van der Waals surface area contributed by atoms with E-state index in [1.54, 1.807) is 12.1 Å². The third-order valence-corrected chi connectivity index (χ3v) is 6.98. The van der Waals surface area contributed by atoms with Gasteiger partial charge in [-0.15, -0.1) is 0 Å². The third-order valence-electron chi connectivity index (χ3n) is 6.98. The maximum absolute atomic E-state index is 14.0. The summed E-state index contributed by atoms with van der Waals surface area (Å²) in [4.78, 5) is 14.0. The molecule has 4 N–H and O–H groups in total. The maximum Gasteiger partial charge on any atom is 0.258 e. The molecule has 1 heterocycles. The zero-order valence-corrected chi connectivity index (χ0v) is 22.9. The van der Waals surface area contributed by atoms with E-state index >= 15 is 0 Å². The molecule has 0 fully saturated rings. The second-order valence-electron chi connectivity index (χ2n) is 10.3. The van der Waals surface area contributed by atoms with Gasteiger partial charge in [0.1, 0.15) is 5.82 Å². The number of amides is 1. The molecule has 0 saturated heterocycles. The standard InChI is InChI=1S/C33H37FN2O4/c1-22(2)31-30(33(40)35-26-11-7-4-8-12-26)29(23-9-5-3-6-10-23)32(24-13-15-25(34)16-14-24)36(31)19-17-27(38)21-28(39)18-20-37/h3-16,22,27-28,37-39H,17-21H2,1-2H3,(H,35,40)/t27-,28+/m1/s1. The molecule has 0 unspecified atom stereocenters. The largest absolute Gasteiger partial charge is 0.396 e. The van der Waals surface area contributed by atoms with Gasteiger partial charge in [-0.2, -0.15) is 0 Å².